The van der Waals surface area contributed by atoms with Gasteiger partial charge in [0.25, 0.3) is 5.95 Å². The van der Waals surface area contributed by atoms with Crippen LogP contribution in [-0.4, -0.2) is 36.0 Å². The first-order valence-corrected chi connectivity index (χ1v) is 8.20. The van der Waals surface area contributed by atoms with Gasteiger partial charge in [-0.2, -0.15) is 14.9 Å². The molecule has 0 spiro atoms. The van der Waals surface area contributed by atoms with Gasteiger partial charge in [-0.1, -0.05) is 15.9 Å². The fraction of sp³-hybridized carbons (Fsp3) is 0.143. The molecule has 3 rings (SSSR count). The Morgan fingerprint density at radius 3 is 2.70 bits per heavy atom. The van der Waals surface area contributed by atoms with E-state index in [4.69, 9.17) is 0 Å². The molecule has 0 aliphatic carbocycles. The number of nitrogens with zero attached hydrogens (tertiary/aromatic N) is 6. The summed E-state index contributed by atoms with van der Waals surface area (Å²) >= 11 is 6.67. The van der Waals surface area contributed by atoms with Gasteiger partial charge in [-0.25, -0.2) is 4.68 Å². The van der Waals surface area contributed by atoms with Crippen LogP contribution in [0.15, 0.2) is 38.6 Å². The molecule has 0 aliphatic heterocycles. The Kier molecular flexibility index (Phi) is 4.31. The van der Waals surface area contributed by atoms with E-state index in [9.17, 15) is 5.11 Å². The average molecular weight is 440 g/mol. The van der Waals surface area contributed by atoms with Crippen molar-refractivity contribution in [2.24, 2.45) is 5.10 Å². The maximum Gasteiger partial charge on any atom is 0.273 e. The predicted molar refractivity (Wildman–Crippen MR) is 93.1 cm³/mol. The van der Waals surface area contributed by atoms with Gasteiger partial charge in [0.15, 0.2) is 0 Å². The predicted octanol–water partition coefficient (Wildman–Crippen LogP) is 3.19. The molecule has 2 heterocycles. The van der Waals surface area contributed by atoms with E-state index in [0.29, 0.717) is 16.0 Å². The van der Waals surface area contributed by atoms with Crippen LogP contribution in [0, 0.1) is 13.8 Å². The molecule has 0 radical (unpaired) electrons. The van der Waals surface area contributed by atoms with Crippen molar-refractivity contribution >= 4 is 38.1 Å². The number of hydrogen-bond donors (Lipinski definition) is 1. The second kappa shape index (κ2) is 6.25. The quantitative estimate of drug-likeness (QED) is 0.635. The summed E-state index contributed by atoms with van der Waals surface area (Å²) < 4.78 is 4.56. The molecule has 7 nitrogen and oxygen atoms in total. The van der Waals surface area contributed by atoms with Gasteiger partial charge >= 0.3 is 0 Å². The monoisotopic (exact) mass is 438 g/mol. The van der Waals surface area contributed by atoms with Crippen molar-refractivity contribution in [3.63, 3.8) is 0 Å². The molecule has 2 aromatic heterocycles. The number of rotatable bonds is 3. The summed E-state index contributed by atoms with van der Waals surface area (Å²) in [6.45, 7) is 3.84. The number of phenolic OH excluding ortho intramolecular Hbond substituents is 1. The zero-order chi connectivity index (χ0) is 16.6. The lowest BCUT2D eigenvalue weighted by Gasteiger charge is -2.04. The fourth-order valence-corrected chi connectivity index (χ4v) is 3.34. The number of benzene rings is 1. The van der Waals surface area contributed by atoms with Crippen LogP contribution in [0.5, 0.6) is 5.75 Å². The summed E-state index contributed by atoms with van der Waals surface area (Å²) in [7, 11) is 0. The summed E-state index contributed by atoms with van der Waals surface area (Å²) in [5.74, 6) is 0.582. The van der Waals surface area contributed by atoms with Gasteiger partial charge < -0.3 is 5.11 Å². The lowest BCUT2D eigenvalue weighted by atomic mass is 10.2. The highest BCUT2D eigenvalue weighted by atomic mass is 79.9. The zero-order valence-corrected chi connectivity index (χ0v) is 15.4. The number of halogens is 2. The number of aromatic hydroxyl groups is 1. The van der Waals surface area contributed by atoms with Crippen molar-refractivity contribution in [3.05, 3.63) is 50.4 Å². The maximum absolute atomic E-state index is 10.1. The number of phenols is 1. The second-order valence-electron chi connectivity index (χ2n) is 4.88. The van der Waals surface area contributed by atoms with Crippen LogP contribution in [0.1, 0.15) is 17.0 Å². The Labute approximate surface area is 148 Å². The summed E-state index contributed by atoms with van der Waals surface area (Å²) in [5.41, 5.74) is 2.37. The molecular weight excluding hydrogens is 428 g/mol. The van der Waals surface area contributed by atoms with Crippen molar-refractivity contribution < 1.29 is 5.11 Å². The van der Waals surface area contributed by atoms with Crippen LogP contribution < -0.4 is 0 Å². The van der Waals surface area contributed by atoms with E-state index >= 15 is 0 Å². The van der Waals surface area contributed by atoms with Crippen LogP contribution in [0.25, 0.3) is 5.95 Å². The van der Waals surface area contributed by atoms with Crippen LogP contribution in [-0.2, 0) is 0 Å². The van der Waals surface area contributed by atoms with Crippen molar-refractivity contribution in [2.45, 2.75) is 13.8 Å². The molecular formula is C14H12Br2N6O. The third-order valence-electron chi connectivity index (χ3n) is 3.09. The highest BCUT2D eigenvalue weighted by molar-refractivity contribution is 9.11. The lowest BCUT2D eigenvalue weighted by Crippen LogP contribution is -2.06. The molecule has 3 aromatic rings. The topological polar surface area (TPSA) is 81.1 Å². The number of aromatic nitrogens is 5. The highest BCUT2D eigenvalue weighted by Crippen LogP contribution is 2.30. The van der Waals surface area contributed by atoms with Crippen LogP contribution in [0.3, 0.4) is 0 Å². The first-order chi connectivity index (χ1) is 11.0. The van der Waals surface area contributed by atoms with E-state index in [2.05, 4.69) is 52.3 Å². The van der Waals surface area contributed by atoms with Gasteiger partial charge in [0, 0.05) is 15.7 Å². The molecule has 118 valence electrons. The van der Waals surface area contributed by atoms with E-state index in [1.54, 1.807) is 16.8 Å². The van der Waals surface area contributed by atoms with Crippen molar-refractivity contribution in [3.8, 4) is 11.7 Å². The average Bonchev–Trinajstić information content (AvgIpc) is 3.07. The SMILES string of the molecule is Cc1cc(C)n(-c2nncn2N=Cc2cc(Br)cc(Br)c2O)n1. The molecule has 0 fully saturated rings. The second-order valence-corrected chi connectivity index (χ2v) is 6.65. The molecule has 1 N–H and O–H groups in total. The van der Waals surface area contributed by atoms with E-state index in [0.717, 1.165) is 15.9 Å². The van der Waals surface area contributed by atoms with E-state index in [1.807, 2.05) is 19.9 Å². The lowest BCUT2D eigenvalue weighted by molar-refractivity contribution is 0.471. The summed E-state index contributed by atoms with van der Waals surface area (Å²) in [6, 6.07) is 5.46. The molecule has 0 atom stereocenters. The van der Waals surface area contributed by atoms with Gasteiger partial charge in [0.05, 0.1) is 16.4 Å². The van der Waals surface area contributed by atoms with E-state index in [-0.39, 0.29) is 5.75 Å². The maximum atomic E-state index is 10.1. The van der Waals surface area contributed by atoms with Crippen LogP contribution in [0.2, 0.25) is 0 Å². The molecule has 1 aromatic carbocycles. The number of aryl methyl sites for hydroxylation is 2. The van der Waals surface area contributed by atoms with Crippen molar-refractivity contribution in [1.29, 1.82) is 0 Å². The number of hydrogen-bond acceptors (Lipinski definition) is 5. The van der Waals surface area contributed by atoms with Crippen LogP contribution in [0.4, 0.5) is 0 Å². The Balaban J connectivity index is 1.99. The van der Waals surface area contributed by atoms with Gasteiger partial charge in [0.1, 0.15) is 12.1 Å². The Morgan fingerprint density at radius 1 is 1.22 bits per heavy atom. The molecule has 0 amide bonds. The first kappa shape index (κ1) is 15.9. The largest absolute Gasteiger partial charge is 0.506 e. The molecule has 0 unspecified atom stereocenters. The Morgan fingerprint density at radius 2 is 2.00 bits per heavy atom. The normalized spacial score (nSPS) is 11.5. The molecule has 0 aliphatic rings. The fourth-order valence-electron chi connectivity index (χ4n) is 2.08. The smallest absolute Gasteiger partial charge is 0.273 e. The molecule has 0 saturated heterocycles. The van der Waals surface area contributed by atoms with Gasteiger partial charge in [-0.05, 0) is 48.0 Å². The van der Waals surface area contributed by atoms with Gasteiger partial charge in [0.2, 0.25) is 0 Å². The third kappa shape index (κ3) is 3.20. The van der Waals surface area contributed by atoms with Gasteiger partial charge in [-0.3, -0.25) is 0 Å². The summed E-state index contributed by atoms with van der Waals surface area (Å²) in [5, 5.41) is 26.7. The molecule has 0 bridgehead atoms. The molecule has 9 heteroatoms. The van der Waals surface area contributed by atoms with Crippen LogP contribution >= 0.6 is 31.9 Å². The highest BCUT2D eigenvalue weighted by Gasteiger charge is 2.11. The Bertz CT molecular complexity index is 899. The van der Waals surface area contributed by atoms with E-state index < -0.39 is 0 Å². The van der Waals surface area contributed by atoms with Crippen molar-refractivity contribution in [2.75, 3.05) is 0 Å². The zero-order valence-electron chi connectivity index (χ0n) is 12.3. The minimum atomic E-state index is 0.109. The van der Waals surface area contributed by atoms with Gasteiger partial charge in [-0.15, -0.1) is 10.2 Å². The Hall–Kier alpha value is -2.00. The molecule has 23 heavy (non-hydrogen) atoms. The molecule has 0 saturated carbocycles. The minimum absolute atomic E-state index is 0.109. The first-order valence-electron chi connectivity index (χ1n) is 6.61. The van der Waals surface area contributed by atoms with E-state index in [1.165, 1.54) is 17.2 Å². The standard InChI is InChI=1S/C14H12Br2N6O/c1-8-3-9(2)22(20-8)14-19-17-7-21(14)18-6-10-4-11(15)5-12(16)13(10)23/h3-7,23H,1-2H3. The summed E-state index contributed by atoms with van der Waals surface area (Å²) in [4.78, 5) is 0. The van der Waals surface area contributed by atoms with Crippen molar-refractivity contribution in [1.82, 2.24) is 24.7 Å². The summed E-state index contributed by atoms with van der Waals surface area (Å²) in [6.07, 6.45) is 3.01. The minimum Gasteiger partial charge on any atom is -0.506 e. The third-order valence-corrected chi connectivity index (χ3v) is 4.15.